The number of amides is 1. The zero-order chi connectivity index (χ0) is 19.9. The highest BCUT2D eigenvalue weighted by molar-refractivity contribution is 7.99. The second-order valence-corrected chi connectivity index (χ2v) is 7.27. The van der Waals surface area contributed by atoms with E-state index in [-0.39, 0.29) is 11.7 Å². The van der Waals surface area contributed by atoms with Crippen LogP contribution in [0.5, 0.6) is 0 Å². The standard InChI is InChI=1S/C22H19N3O3S/c26-20(16-29-22-24-23-21(28-22)18-10-5-2-6-11-18)25(15-19-12-7-13-27-19)14-17-8-3-1-4-9-17/h1-13H,14-16H2. The minimum absolute atomic E-state index is 0.0327. The summed E-state index contributed by atoms with van der Waals surface area (Å²) in [5, 5.41) is 8.47. The summed E-state index contributed by atoms with van der Waals surface area (Å²) >= 11 is 1.23. The first kappa shape index (κ1) is 19.0. The number of carbonyl (C=O) groups excluding carboxylic acids is 1. The second-order valence-electron chi connectivity index (χ2n) is 6.34. The number of carbonyl (C=O) groups is 1. The molecule has 0 atom stereocenters. The van der Waals surface area contributed by atoms with Crippen molar-refractivity contribution in [2.45, 2.75) is 18.3 Å². The molecule has 0 saturated heterocycles. The molecule has 2 aromatic heterocycles. The fourth-order valence-electron chi connectivity index (χ4n) is 2.81. The summed E-state index contributed by atoms with van der Waals surface area (Å²) in [7, 11) is 0. The molecule has 0 radical (unpaired) electrons. The third-order valence-corrected chi connectivity index (χ3v) is 5.05. The number of furan rings is 1. The van der Waals surface area contributed by atoms with Crippen molar-refractivity contribution >= 4 is 17.7 Å². The lowest BCUT2D eigenvalue weighted by Crippen LogP contribution is -2.31. The van der Waals surface area contributed by atoms with Crippen LogP contribution in [0.2, 0.25) is 0 Å². The topological polar surface area (TPSA) is 72.4 Å². The predicted octanol–water partition coefficient (Wildman–Crippen LogP) is 4.65. The van der Waals surface area contributed by atoms with Gasteiger partial charge in [0.15, 0.2) is 0 Å². The molecule has 1 amide bonds. The Bertz CT molecular complexity index is 1030. The molecular weight excluding hydrogens is 386 g/mol. The van der Waals surface area contributed by atoms with Crippen LogP contribution in [0.15, 0.2) is 93.1 Å². The summed E-state index contributed by atoms with van der Waals surface area (Å²) in [6.45, 7) is 0.903. The van der Waals surface area contributed by atoms with Crippen molar-refractivity contribution in [3.8, 4) is 11.5 Å². The van der Waals surface area contributed by atoms with E-state index in [1.807, 2.05) is 72.8 Å². The highest BCUT2D eigenvalue weighted by Gasteiger charge is 2.18. The van der Waals surface area contributed by atoms with Crippen LogP contribution in [0.4, 0.5) is 0 Å². The van der Waals surface area contributed by atoms with Gasteiger partial charge in [-0.25, -0.2) is 0 Å². The molecule has 0 aliphatic carbocycles. The number of benzene rings is 2. The van der Waals surface area contributed by atoms with Gasteiger partial charge in [0.2, 0.25) is 11.8 Å². The highest BCUT2D eigenvalue weighted by Crippen LogP contribution is 2.23. The monoisotopic (exact) mass is 405 g/mol. The van der Waals surface area contributed by atoms with E-state index in [1.165, 1.54) is 11.8 Å². The Morgan fingerprint density at radius 3 is 2.38 bits per heavy atom. The Hall–Kier alpha value is -3.32. The van der Waals surface area contributed by atoms with Gasteiger partial charge in [-0.2, -0.15) is 0 Å². The van der Waals surface area contributed by atoms with Gasteiger partial charge in [-0.15, -0.1) is 10.2 Å². The molecule has 0 unspecified atom stereocenters. The molecule has 0 fully saturated rings. The number of aromatic nitrogens is 2. The Labute approximate surface area is 172 Å². The maximum atomic E-state index is 12.9. The summed E-state index contributed by atoms with van der Waals surface area (Å²) in [5.74, 6) is 1.35. The van der Waals surface area contributed by atoms with E-state index in [2.05, 4.69) is 10.2 Å². The van der Waals surface area contributed by atoms with Gasteiger partial charge in [0.25, 0.3) is 5.22 Å². The van der Waals surface area contributed by atoms with Crippen molar-refractivity contribution in [1.82, 2.24) is 15.1 Å². The van der Waals surface area contributed by atoms with E-state index in [4.69, 9.17) is 8.83 Å². The molecule has 7 heteroatoms. The molecule has 0 spiro atoms. The summed E-state index contributed by atoms with van der Waals surface area (Å²) in [6.07, 6.45) is 1.61. The Balaban J connectivity index is 1.41. The minimum Gasteiger partial charge on any atom is -0.467 e. The Morgan fingerprint density at radius 1 is 0.897 bits per heavy atom. The molecule has 0 N–H and O–H groups in total. The maximum absolute atomic E-state index is 12.9. The molecule has 0 bridgehead atoms. The fraction of sp³-hybridized carbons (Fsp3) is 0.136. The number of hydrogen-bond donors (Lipinski definition) is 0. The lowest BCUT2D eigenvalue weighted by molar-refractivity contribution is -0.129. The van der Waals surface area contributed by atoms with Crippen molar-refractivity contribution < 1.29 is 13.6 Å². The normalized spacial score (nSPS) is 10.8. The van der Waals surface area contributed by atoms with Gasteiger partial charge < -0.3 is 13.7 Å². The van der Waals surface area contributed by atoms with Gasteiger partial charge in [-0.3, -0.25) is 4.79 Å². The van der Waals surface area contributed by atoms with Crippen LogP contribution in [-0.4, -0.2) is 26.8 Å². The van der Waals surface area contributed by atoms with Gasteiger partial charge in [0.05, 0.1) is 18.6 Å². The van der Waals surface area contributed by atoms with Crippen LogP contribution in [0.3, 0.4) is 0 Å². The molecular formula is C22H19N3O3S. The maximum Gasteiger partial charge on any atom is 0.277 e. The van der Waals surface area contributed by atoms with Crippen molar-refractivity contribution in [2.24, 2.45) is 0 Å². The van der Waals surface area contributed by atoms with Crippen LogP contribution in [0.1, 0.15) is 11.3 Å². The molecule has 4 aromatic rings. The molecule has 2 aromatic carbocycles. The molecule has 4 rings (SSSR count). The number of thioether (sulfide) groups is 1. The molecule has 146 valence electrons. The van der Waals surface area contributed by atoms with Gasteiger partial charge >= 0.3 is 0 Å². The number of hydrogen-bond acceptors (Lipinski definition) is 6. The molecule has 29 heavy (non-hydrogen) atoms. The lowest BCUT2D eigenvalue weighted by Gasteiger charge is -2.21. The molecule has 0 aliphatic rings. The smallest absolute Gasteiger partial charge is 0.277 e. The van der Waals surface area contributed by atoms with E-state index in [0.29, 0.717) is 24.2 Å². The van der Waals surface area contributed by atoms with Crippen LogP contribution >= 0.6 is 11.8 Å². The first-order valence-electron chi connectivity index (χ1n) is 9.14. The number of rotatable bonds is 8. The summed E-state index contributed by atoms with van der Waals surface area (Å²) in [4.78, 5) is 14.7. The van der Waals surface area contributed by atoms with E-state index in [0.717, 1.165) is 16.9 Å². The molecule has 2 heterocycles. The van der Waals surface area contributed by atoms with Crippen molar-refractivity contribution in [3.63, 3.8) is 0 Å². The highest BCUT2D eigenvalue weighted by atomic mass is 32.2. The Morgan fingerprint density at radius 2 is 1.66 bits per heavy atom. The number of nitrogens with zero attached hydrogens (tertiary/aromatic N) is 3. The van der Waals surface area contributed by atoms with E-state index in [1.54, 1.807) is 11.2 Å². The first-order valence-corrected chi connectivity index (χ1v) is 10.1. The largest absolute Gasteiger partial charge is 0.467 e. The van der Waals surface area contributed by atoms with E-state index >= 15 is 0 Å². The van der Waals surface area contributed by atoms with Gasteiger partial charge in [0, 0.05) is 12.1 Å². The predicted molar refractivity (Wildman–Crippen MR) is 110 cm³/mol. The van der Waals surface area contributed by atoms with Gasteiger partial charge in [-0.05, 0) is 29.8 Å². The van der Waals surface area contributed by atoms with Gasteiger partial charge in [-0.1, -0.05) is 60.3 Å². The average Bonchev–Trinajstić information content (AvgIpc) is 3.45. The second kappa shape index (κ2) is 9.25. The lowest BCUT2D eigenvalue weighted by atomic mass is 10.2. The quantitative estimate of drug-likeness (QED) is 0.397. The zero-order valence-electron chi connectivity index (χ0n) is 15.6. The van der Waals surface area contributed by atoms with Crippen LogP contribution in [-0.2, 0) is 17.9 Å². The van der Waals surface area contributed by atoms with Crippen LogP contribution < -0.4 is 0 Å². The summed E-state index contributed by atoms with van der Waals surface area (Å²) in [6, 6.07) is 23.1. The molecule has 6 nitrogen and oxygen atoms in total. The van der Waals surface area contributed by atoms with Crippen molar-refractivity contribution in [1.29, 1.82) is 0 Å². The van der Waals surface area contributed by atoms with Crippen molar-refractivity contribution in [2.75, 3.05) is 5.75 Å². The fourth-order valence-corrected chi connectivity index (χ4v) is 3.47. The summed E-state index contributed by atoms with van der Waals surface area (Å²) in [5.41, 5.74) is 1.91. The minimum atomic E-state index is -0.0327. The van der Waals surface area contributed by atoms with E-state index < -0.39 is 0 Å². The molecule has 0 aliphatic heterocycles. The molecule has 0 saturated carbocycles. The summed E-state index contributed by atoms with van der Waals surface area (Å²) < 4.78 is 11.1. The first-order chi connectivity index (χ1) is 14.3. The zero-order valence-corrected chi connectivity index (χ0v) is 16.4. The third-order valence-electron chi connectivity index (χ3n) is 4.24. The van der Waals surface area contributed by atoms with Crippen LogP contribution in [0.25, 0.3) is 11.5 Å². The SMILES string of the molecule is O=C(CSc1nnc(-c2ccccc2)o1)N(Cc1ccccc1)Cc1ccco1. The Kier molecular flexibility index (Phi) is 6.07. The van der Waals surface area contributed by atoms with Gasteiger partial charge in [0.1, 0.15) is 5.76 Å². The van der Waals surface area contributed by atoms with Crippen molar-refractivity contribution in [3.05, 3.63) is 90.4 Å². The average molecular weight is 405 g/mol. The third kappa shape index (κ3) is 5.14. The van der Waals surface area contributed by atoms with E-state index in [9.17, 15) is 4.79 Å². The van der Waals surface area contributed by atoms with Crippen LogP contribution in [0, 0.1) is 0 Å².